The van der Waals surface area contributed by atoms with Crippen LogP contribution in [0, 0.1) is 0 Å². The van der Waals surface area contributed by atoms with Crippen LogP contribution in [0.4, 0.5) is 0 Å². The van der Waals surface area contributed by atoms with E-state index in [0.717, 1.165) is 12.8 Å². The number of rotatable bonds is 12. The fourth-order valence-electron chi connectivity index (χ4n) is 1.53. The molecular weight excluding hydrogens is 256 g/mol. The van der Waals surface area contributed by atoms with Crippen molar-refractivity contribution in [3.05, 3.63) is 24.3 Å². The second kappa shape index (κ2) is 14.3. The van der Waals surface area contributed by atoms with Crippen LogP contribution in [-0.4, -0.2) is 35.5 Å². The van der Waals surface area contributed by atoms with Gasteiger partial charge in [0, 0.05) is 6.42 Å². The van der Waals surface area contributed by atoms with Crippen molar-refractivity contribution in [1.29, 1.82) is 0 Å². The summed E-state index contributed by atoms with van der Waals surface area (Å²) in [7, 11) is 0. The van der Waals surface area contributed by atoms with Crippen LogP contribution in [0.1, 0.15) is 51.9 Å². The minimum absolute atomic E-state index is 0.139. The molecule has 0 spiro atoms. The number of unbranched alkanes of at least 4 members (excludes halogenated alkanes) is 3. The first-order chi connectivity index (χ1) is 9.70. The monoisotopic (exact) mass is 284 g/mol. The van der Waals surface area contributed by atoms with Gasteiger partial charge in [-0.3, -0.25) is 4.79 Å². The highest BCUT2D eigenvalue weighted by Gasteiger charge is 2.06. The Hall–Kier alpha value is -1.13. The molecular formula is C16H28O4. The molecule has 1 unspecified atom stereocenters. The molecule has 0 bridgehead atoms. The zero-order valence-electron chi connectivity index (χ0n) is 12.5. The number of allylic oxidation sites excluding steroid dienone is 4. The second-order valence-corrected chi connectivity index (χ2v) is 4.73. The van der Waals surface area contributed by atoms with Gasteiger partial charge in [0.15, 0.2) is 0 Å². The quantitative estimate of drug-likeness (QED) is 0.328. The summed E-state index contributed by atoms with van der Waals surface area (Å²) in [6.07, 6.45) is 14.1. The Bertz CT molecular complexity index is 284. The number of aliphatic hydroxyl groups is 2. The van der Waals surface area contributed by atoms with Gasteiger partial charge in [0.05, 0.1) is 6.61 Å². The van der Waals surface area contributed by atoms with Gasteiger partial charge in [-0.2, -0.15) is 0 Å². The number of aliphatic hydroxyl groups excluding tert-OH is 2. The fraction of sp³-hybridized carbons (Fsp3) is 0.688. The molecule has 0 aliphatic rings. The van der Waals surface area contributed by atoms with Gasteiger partial charge >= 0.3 is 5.97 Å². The van der Waals surface area contributed by atoms with Crippen LogP contribution in [0.2, 0.25) is 0 Å². The van der Waals surface area contributed by atoms with Crippen molar-refractivity contribution in [3.8, 4) is 0 Å². The third-order valence-corrected chi connectivity index (χ3v) is 2.74. The summed E-state index contributed by atoms with van der Waals surface area (Å²) in [4.78, 5) is 11.2. The van der Waals surface area contributed by atoms with E-state index < -0.39 is 12.7 Å². The van der Waals surface area contributed by atoms with Crippen molar-refractivity contribution in [2.24, 2.45) is 0 Å². The van der Waals surface area contributed by atoms with Crippen molar-refractivity contribution in [3.63, 3.8) is 0 Å². The van der Waals surface area contributed by atoms with Crippen LogP contribution in [0.3, 0.4) is 0 Å². The molecule has 2 N–H and O–H groups in total. The van der Waals surface area contributed by atoms with E-state index in [1.165, 1.54) is 19.3 Å². The molecule has 4 heteroatoms. The van der Waals surface area contributed by atoms with E-state index in [-0.39, 0.29) is 12.6 Å². The summed E-state index contributed by atoms with van der Waals surface area (Å²) in [5.41, 5.74) is 0. The largest absolute Gasteiger partial charge is 0.463 e. The molecule has 20 heavy (non-hydrogen) atoms. The topological polar surface area (TPSA) is 66.8 Å². The van der Waals surface area contributed by atoms with E-state index in [4.69, 9.17) is 14.9 Å². The van der Waals surface area contributed by atoms with E-state index in [0.29, 0.717) is 12.8 Å². The van der Waals surface area contributed by atoms with Crippen LogP contribution in [0.25, 0.3) is 0 Å². The number of hydrogen-bond donors (Lipinski definition) is 2. The van der Waals surface area contributed by atoms with Crippen molar-refractivity contribution in [1.82, 2.24) is 0 Å². The molecule has 0 rings (SSSR count). The highest BCUT2D eigenvalue weighted by Crippen LogP contribution is 2.01. The van der Waals surface area contributed by atoms with Gasteiger partial charge in [-0.1, -0.05) is 44.1 Å². The number of carbonyl (C=O) groups excluding carboxylic acids is 1. The first-order valence-electron chi connectivity index (χ1n) is 7.45. The van der Waals surface area contributed by atoms with Gasteiger partial charge in [-0.15, -0.1) is 0 Å². The smallest absolute Gasteiger partial charge is 0.306 e. The van der Waals surface area contributed by atoms with Crippen molar-refractivity contribution >= 4 is 5.97 Å². The van der Waals surface area contributed by atoms with Crippen molar-refractivity contribution in [2.75, 3.05) is 13.2 Å². The lowest BCUT2D eigenvalue weighted by Crippen LogP contribution is -2.21. The van der Waals surface area contributed by atoms with E-state index in [2.05, 4.69) is 19.1 Å². The van der Waals surface area contributed by atoms with Crippen molar-refractivity contribution < 1.29 is 19.7 Å². The summed E-state index contributed by atoms with van der Waals surface area (Å²) in [6, 6.07) is 0. The summed E-state index contributed by atoms with van der Waals surface area (Å²) in [5.74, 6) is -0.350. The maximum absolute atomic E-state index is 11.2. The number of ether oxygens (including phenoxy) is 1. The Morgan fingerprint density at radius 2 is 1.85 bits per heavy atom. The van der Waals surface area contributed by atoms with Gasteiger partial charge in [0.25, 0.3) is 0 Å². The van der Waals surface area contributed by atoms with Gasteiger partial charge in [0.2, 0.25) is 0 Å². The molecule has 0 saturated heterocycles. The molecule has 1 atom stereocenters. The number of esters is 1. The average molecular weight is 284 g/mol. The lowest BCUT2D eigenvalue weighted by Gasteiger charge is -2.07. The minimum atomic E-state index is -0.979. The van der Waals surface area contributed by atoms with Crippen molar-refractivity contribution in [2.45, 2.75) is 58.0 Å². The van der Waals surface area contributed by atoms with Gasteiger partial charge < -0.3 is 14.9 Å². The second-order valence-electron chi connectivity index (χ2n) is 4.73. The minimum Gasteiger partial charge on any atom is -0.463 e. The van der Waals surface area contributed by atoms with Crippen LogP contribution >= 0.6 is 0 Å². The average Bonchev–Trinajstić information content (AvgIpc) is 2.46. The molecule has 0 aromatic rings. The van der Waals surface area contributed by atoms with E-state index in [1.807, 2.05) is 12.2 Å². The van der Waals surface area contributed by atoms with Crippen LogP contribution in [0.15, 0.2) is 24.3 Å². The normalized spacial score (nSPS) is 13.2. The zero-order valence-corrected chi connectivity index (χ0v) is 12.5. The molecule has 4 nitrogen and oxygen atoms in total. The Morgan fingerprint density at radius 1 is 1.15 bits per heavy atom. The highest BCUT2D eigenvalue weighted by atomic mass is 16.5. The molecule has 116 valence electrons. The Kier molecular flexibility index (Phi) is 13.5. The van der Waals surface area contributed by atoms with Gasteiger partial charge in [0.1, 0.15) is 12.7 Å². The van der Waals surface area contributed by atoms with E-state index >= 15 is 0 Å². The van der Waals surface area contributed by atoms with Crippen LogP contribution in [-0.2, 0) is 9.53 Å². The third-order valence-electron chi connectivity index (χ3n) is 2.74. The van der Waals surface area contributed by atoms with E-state index in [1.54, 1.807) is 0 Å². The highest BCUT2D eigenvalue weighted by molar-refractivity contribution is 5.69. The third kappa shape index (κ3) is 13.3. The first-order valence-corrected chi connectivity index (χ1v) is 7.45. The number of hydrogen-bond acceptors (Lipinski definition) is 4. The molecule has 0 aromatic carbocycles. The standard InChI is InChI=1S/C16H28O4/c1-2-3-4-5-6-7-8-9-10-11-12-16(19)20-14-15(18)13-17/h6-7,9-10,15,17-18H,2-5,8,11-14H2,1H3. The molecule has 0 saturated carbocycles. The Balaban J connectivity index is 3.44. The summed E-state index contributed by atoms with van der Waals surface area (Å²) in [6.45, 7) is 1.67. The molecule has 0 fully saturated rings. The summed E-state index contributed by atoms with van der Waals surface area (Å²) < 4.78 is 4.78. The summed E-state index contributed by atoms with van der Waals surface area (Å²) >= 11 is 0. The van der Waals surface area contributed by atoms with Gasteiger partial charge in [-0.25, -0.2) is 0 Å². The predicted molar refractivity (Wildman–Crippen MR) is 80.3 cm³/mol. The maximum Gasteiger partial charge on any atom is 0.306 e. The molecule has 0 aromatic heterocycles. The molecule has 0 radical (unpaired) electrons. The fourth-order valence-corrected chi connectivity index (χ4v) is 1.53. The van der Waals surface area contributed by atoms with Gasteiger partial charge in [-0.05, 0) is 25.7 Å². The Morgan fingerprint density at radius 3 is 2.50 bits per heavy atom. The lowest BCUT2D eigenvalue weighted by molar-refractivity contribution is -0.147. The molecule has 0 amide bonds. The summed E-state index contributed by atoms with van der Waals surface area (Å²) in [5, 5.41) is 17.6. The maximum atomic E-state index is 11.2. The SMILES string of the molecule is CCCCCC=CCC=CCCC(=O)OCC(O)CO. The van der Waals surface area contributed by atoms with Crippen LogP contribution < -0.4 is 0 Å². The van der Waals surface area contributed by atoms with Crippen LogP contribution in [0.5, 0.6) is 0 Å². The lowest BCUT2D eigenvalue weighted by atomic mass is 10.2. The van der Waals surface area contributed by atoms with E-state index in [9.17, 15) is 4.79 Å². The molecule has 0 aliphatic heterocycles. The number of carbonyl (C=O) groups is 1. The molecule has 0 heterocycles. The Labute approximate surface area is 122 Å². The first kappa shape index (κ1) is 18.9. The predicted octanol–water partition coefficient (Wildman–Crippen LogP) is 2.75. The zero-order chi connectivity index (χ0) is 15.1. The molecule has 0 aliphatic carbocycles.